The van der Waals surface area contributed by atoms with Gasteiger partial charge in [0.05, 0.1) is 4.90 Å². The van der Waals surface area contributed by atoms with E-state index in [1.807, 2.05) is 12.1 Å². The smallest absolute Gasteiger partial charge is 0.0795 e. The van der Waals surface area contributed by atoms with Crippen molar-refractivity contribution in [3.8, 4) is 0 Å². The van der Waals surface area contributed by atoms with Gasteiger partial charge in [0.1, 0.15) is 0 Å². The van der Waals surface area contributed by atoms with Crippen molar-refractivity contribution in [1.82, 2.24) is 4.72 Å². The van der Waals surface area contributed by atoms with E-state index in [4.69, 9.17) is 0 Å². The minimum Gasteiger partial charge on any atom is -0.281 e. The summed E-state index contributed by atoms with van der Waals surface area (Å²) < 4.78 is 21.4. The summed E-state index contributed by atoms with van der Waals surface area (Å²) in [6.07, 6.45) is 0. The molecule has 0 saturated carbocycles. The molecule has 2 rings (SSSR count). The Labute approximate surface area is 66.5 Å². The quantitative estimate of drug-likeness (QED) is 0.558. The fourth-order valence-electron chi connectivity index (χ4n) is 1.18. The van der Waals surface area contributed by atoms with E-state index in [-0.39, 0.29) is 0 Å². The van der Waals surface area contributed by atoms with Crippen molar-refractivity contribution >= 4 is 10.8 Å². The zero-order valence-corrected chi connectivity index (χ0v) is 6.64. The van der Waals surface area contributed by atoms with E-state index in [1.165, 1.54) is 0 Å². The molecule has 3 nitrogen and oxygen atoms in total. The molecule has 11 heavy (non-hydrogen) atoms. The molecule has 0 bridgehead atoms. The zero-order chi connectivity index (χ0) is 7.90. The molecule has 1 aliphatic rings. The highest BCUT2D eigenvalue weighted by Gasteiger charge is 2.24. The Hall–Kier alpha value is -0.550. The predicted octanol–water partition coefficient (Wildman–Crippen LogP) is 1.81. The molecule has 0 spiro atoms. The van der Waals surface area contributed by atoms with Gasteiger partial charge in [-0.05, 0) is 11.6 Å². The van der Waals surface area contributed by atoms with E-state index in [0.29, 0.717) is 11.4 Å². The van der Waals surface area contributed by atoms with Gasteiger partial charge in [-0.25, -0.2) is 4.72 Å². The van der Waals surface area contributed by atoms with Gasteiger partial charge in [0.2, 0.25) is 0 Å². The number of nitrogens with one attached hydrogen (secondary N) is 1. The molecular formula is C7H9NO2S. The first-order valence-electron chi connectivity index (χ1n) is 3.31. The van der Waals surface area contributed by atoms with Gasteiger partial charge in [-0.2, -0.15) is 0 Å². The van der Waals surface area contributed by atoms with Crippen LogP contribution in [-0.2, 0) is 6.54 Å². The number of hydrogen-bond donors (Lipinski definition) is 3. The van der Waals surface area contributed by atoms with Gasteiger partial charge >= 0.3 is 0 Å². The van der Waals surface area contributed by atoms with Crippen molar-refractivity contribution in [3.63, 3.8) is 0 Å². The fourth-order valence-corrected chi connectivity index (χ4v) is 2.47. The van der Waals surface area contributed by atoms with Crippen LogP contribution in [0, 0.1) is 0 Å². The molecule has 0 radical (unpaired) electrons. The lowest BCUT2D eigenvalue weighted by Crippen LogP contribution is -2.10. The summed E-state index contributed by atoms with van der Waals surface area (Å²) in [5.41, 5.74) is 0.979. The molecular weight excluding hydrogens is 162 g/mol. The van der Waals surface area contributed by atoms with E-state index in [0.717, 1.165) is 5.56 Å². The van der Waals surface area contributed by atoms with E-state index in [1.54, 1.807) is 12.1 Å². The lowest BCUT2D eigenvalue weighted by Gasteiger charge is -2.26. The third-order valence-electron chi connectivity index (χ3n) is 1.74. The van der Waals surface area contributed by atoms with Gasteiger partial charge in [-0.15, -0.1) is 10.8 Å². The van der Waals surface area contributed by atoms with Crippen LogP contribution in [0.2, 0.25) is 0 Å². The van der Waals surface area contributed by atoms with Crippen LogP contribution in [-0.4, -0.2) is 9.11 Å². The Bertz CT molecular complexity index is 288. The summed E-state index contributed by atoms with van der Waals surface area (Å²) in [6.45, 7) is 0.554. The van der Waals surface area contributed by atoms with Gasteiger partial charge in [0.25, 0.3) is 0 Å². The van der Waals surface area contributed by atoms with Gasteiger partial charge in [-0.1, -0.05) is 18.2 Å². The van der Waals surface area contributed by atoms with Crippen LogP contribution >= 0.6 is 10.8 Å². The predicted molar refractivity (Wildman–Crippen MR) is 44.4 cm³/mol. The van der Waals surface area contributed by atoms with Crippen LogP contribution in [0.15, 0.2) is 29.2 Å². The lowest BCUT2D eigenvalue weighted by molar-refractivity contribution is 0.478. The van der Waals surface area contributed by atoms with Crippen molar-refractivity contribution in [2.24, 2.45) is 0 Å². The molecule has 0 atom stereocenters. The summed E-state index contributed by atoms with van der Waals surface area (Å²) in [7, 11) is -2.66. The average molecular weight is 171 g/mol. The molecule has 1 aromatic carbocycles. The molecule has 0 fully saturated rings. The molecule has 0 aliphatic carbocycles. The molecule has 1 aromatic rings. The highest BCUT2D eigenvalue weighted by atomic mass is 32.3. The van der Waals surface area contributed by atoms with E-state index >= 15 is 0 Å². The molecule has 0 aromatic heterocycles. The van der Waals surface area contributed by atoms with Crippen LogP contribution in [0.1, 0.15) is 5.56 Å². The van der Waals surface area contributed by atoms with E-state index < -0.39 is 10.8 Å². The average Bonchev–Trinajstić information content (AvgIpc) is 2.29. The molecule has 3 N–H and O–H groups in total. The second-order valence-electron chi connectivity index (χ2n) is 2.48. The Morgan fingerprint density at radius 3 is 2.73 bits per heavy atom. The first-order chi connectivity index (χ1) is 5.20. The standard InChI is InChI=1S/C7H9NO2S/c9-11(10)7-4-2-1-3-6(7)5-8-11/h1-4,8-10H,5H2. The van der Waals surface area contributed by atoms with Crippen molar-refractivity contribution in [3.05, 3.63) is 29.8 Å². The topological polar surface area (TPSA) is 52.5 Å². The van der Waals surface area contributed by atoms with Gasteiger partial charge in [0, 0.05) is 6.54 Å². The second kappa shape index (κ2) is 2.22. The van der Waals surface area contributed by atoms with E-state index in [9.17, 15) is 9.11 Å². The molecule has 0 saturated heterocycles. The highest BCUT2D eigenvalue weighted by molar-refractivity contribution is 8.22. The third kappa shape index (κ3) is 1.04. The van der Waals surface area contributed by atoms with Crippen LogP contribution in [0.4, 0.5) is 0 Å². The first kappa shape index (κ1) is 7.12. The maximum Gasteiger partial charge on any atom is 0.0795 e. The first-order valence-corrected chi connectivity index (χ1v) is 4.85. The number of benzene rings is 1. The van der Waals surface area contributed by atoms with Gasteiger partial charge in [-0.3, -0.25) is 9.11 Å². The molecule has 60 valence electrons. The SMILES string of the molecule is OS1(O)NCc2ccccc21. The van der Waals surface area contributed by atoms with Crippen molar-refractivity contribution < 1.29 is 9.11 Å². The van der Waals surface area contributed by atoms with Crippen LogP contribution < -0.4 is 4.72 Å². The summed E-state index contributed by atoms with van der Waals surface area (Å²) in [6, 6.07) is 7.33. The monoisotopic (exact) mass is 171 g/mol. The van der Waals surface area contributed by atoms with Gasteiger partial charge < -0.3 is 0 Å². The number of fused-ring (bicyclic) bond motifs is 1. The third-order valence-corrected chi connectivity index (χ3v) is 3.30. The number of rotatable bonds is 0. The Kier molecular flexibility index (Phi) is 1.43. The minimum atomic E-state index is -2.66. The molecule has 0 amide bonds. The van der Waals surface area contributed by atoms with Crippen molar-refractivity contribution in [1.29, 1.82) is 0 Å². The normalized spacial score (nSPS) is 22.7. The van der Waals surface area contributed by atoms with Gasteiger partial charge in [0.15, 0.2) is 0 Å². The molecule has 1 aliphatic heterocycles. The Morgan fingerprint density at radius 2 is 2.00 bits per heavy atom. The Balaban J connectivity index is 2.56. The number of hydrogen-bond acceptors (Lipinski definition) is 3. The lowest BCUT2D eigenvalue weighted by atomic mass is 10.2. The zero-order valence-electron chi connectivity index (χ0n) is 5.82. The summed E-state index contributed by atoms with van der Waals surface area (Å²) in [4.78, 5) is 0.639. The van der Waals surface area contributed by atoms with Crippen molar-refractivity contribution in [2.45, 2.75) is 11.4 Å². The molecule has 1 heterocycles. The summed E-state index contributed by atoms with van der Waals surface area (Å²) in [5.74, 6) is 0. The maximum atomic E-state index is 9.37. The highest BCUT2D eigenvalue weighted by Crippen LogP contribution is 2.50. The van der Waals surface area contributed by atoms with Crippen LogP contribution in [0.3, 0.4) is 0 Å². The van der Waals surface area contributed by atoms with Crippen LogP contribution in [0.25, 0.3) is 0 Å². The minimum absolute atomic E-state index is 0.554. The maximum absolute atomic E-state index is 9.37. The second-order valence-corrected chi connectivity index (χ2v) is 4.30. The Morgan fingerprint density at radius 1 is 1.27 bits per heavy atom. The molecule has 4 heteroatoms. The molecule has 0 unspecified atom stereocenters. The largest absolute Gasteiger partial charge is 0.281 e. The fraction of sp³-hybridized carbons (Fsp3) is 0.143. The summed E-state index contributed by atoms with van der Waals surface area (Å²) in [5, 5.41) is 0. The van der Waals surface area contributed by atoms with Crippen molar-refractivity contribution in [2.75, 3.05) is 0 Å². The summed E-state index contributed by atoms with van der Waals surface area (Å²) >= 11 is 0. The van der Waals surface area contributed by atoms with E-state index in [2.05, 4.69) is 4.72 Å². The van der Waals surface area contributed by atoms with Crippen LogP contribution in [0.5, 0.6) is 0 Å².